The lowest BCUT2D eigenvalue weighted by atomic mass is 10.1. The average molecular weight is 227 g/mol. The maximum absolute atomic E-state index is 10.7. The molecule has 0 bridgehead atoms. The Balaban J connectivity index is 2.16. The van der Waals surface area contributed by atoms with Gasteiger partial charge in [0.25, 0.3) is 0 Å². The molecule has 0 aliphatic carbocycles. The Bertz CT molecular complexity index is 245. The van der Waals surface area contributed by atoms with Crippen molar-refractivity contribution in [2.45, 2.75) is 38.7 Å². The number of rotatable bonds is 6. The summed E-state index contributed by atoms with van der Waals surface area (Å²) in [5.41, 5.74) is 0.470. The number of carboxylic acids is 1. The topological polar surface area (TPSA) is 58.6 Å². The molecule has 0 aromatic carbocycles. The lowest BCUT2D eigenvalue weighted by Crippen LogP contribution is -2.32. The first-order valence-corrected chi connectivity index (χ1v) is 5.98. The molecule has 0 amide bonds. The van der Waals surface area contributed by atoms with Crippen LogP contribution in [0.2, 0.25) is 0 Å². The number of hydrogen-bond donors (Lipinski definition) is 2. The van der Waals surface area contributed by atoms with Gasteiger partial charge >= 0.3 is 5.97 Å². The molecule has 1 atom stereocenters. The van der Waals surface area contributed by atoms with E-state index >= 15 is 0 Å². The minimum Gasteiger partial charge on any atom is -0.478 e. The SMILES string of the molecule is CCC(=CCNCC1CCCCO1)C(=O)O. The number of carbonyl (C=O) groups is 1. The summed E-state index contributed by atoms with van der Waals surface area (Å²) < 4.78 is 5.56. The van der Waals surface area contributed by atoms with E-state index in [1.54, 1.807) is 6.08 Å². The first kappa shape index (κ1) is 13.2. The highest BCUT2D eigenvalue weighted by Gasteiger charge is 2.12. The molecular weight excluding hydrogens is 206 g/mol. The van der Waals surface area contributed by atoms with E-state index in [-0.39, 0.29) is 0 Å². The van der Waals surface area contributed by atoms with Crippen LogP contribution in [0.5, 0.6) is 0 Å². The Hall–Kier alpha value is -0.870. The van der Waals surface area contributed by atoms with Crippen LogP contribution in [-0.4, -0.2) is 36.9 Å². The van der Waals surface area contributed by atoms with E-state index in [1.165, 1.54) is 6.42 Å². The summed E-state index contributed by atoms with van der Waals surface area (Å²) in [5, 5.41) is 12.0. The number of hydrogen-bond acceptors (Lipinski definition) is 3. The van der Waals surface area contributed by atoms with Gasteiger partial charge in [-0.2, -0.15) is 0 Å². The molecule has 0 spiro atoms. The maximum Gasteiger partial charge on any atom is 0.331 e. The average Bonchev–Trinajstić information content (AvgIpc) is 2.30. The van der Waals surface area contributed by atoms with Gasteiger partial charge < -0.3 is 15.2 Å². The smallest absolute Gasteiger partial charge is 0.331 e. The van der Waals surface area contributed by atoms with Crippen molar-refractivity contribution in [3.8, 4) is 0 Å². The zero-order valence-corrected chi connectivity index (χ0v) is 9.87. The lowest BCUT2D eigenvalue weighted by Gasteiger charge is -2.22. The number of aliphatic carboxylic acids is 1. The third-order valence-corrected chi connectivity index (χ3v) is 2.79. The first-order chi connectivity index (χ1) is 7.74. The third kappa shape index (κ3) is 4.77. The fourth-order valence-electron chi connectivity index (χ4n) is 1.79. The van der Waals surface area contributed by atoms with Crippen LogP contribution in [0.4, 0.5) is 0 Å². The Morgan fingerprint density at radius 2 is 2.38 bits per heavy atom. The van der Waals surface area contributed by atoms with Gasteiger partial charge in [0.05, 0.1) is 6.10 Å². The molecule has 16 heavy (non-hydrogen) atoms. The van der Waals surface area contributed by atoms with Gasteiger partial charge in [-0.1, -0.05) is 13.0 Å². The van der Waals surface area contributed by atoms with Gasteiger partial charge in [0, 0.05) is 25.3 Å². The second kappa shape index (κ2) is 7.41. The van der Waals surface area contributed by atoms with Gasteiger partial charge in [-0.3, -0.25) is 0 Å². The van der Waals surface area contributed by atoms with E-state index in [4.69, 9.17) is 9.84 Å². The van der Waals surface area contributed by atoms with Crippen LogP contribution in [0, 0.1) is 0 Å². The van der Waals surface area contributed by atoms with E-state index in [0.29, 0.717) is 24.6 Å². The second-order valence-electron chi connectivity index (χ2n) is 4.03. The number of ether oxygens (including phenoxy) is 1. The summed E-state index contributed by atoms with van der Waals surface area (Å²) in [6.45, 7) is 4.13. The predicted molar refractivity (Wildman–Crippen MR) is 62.5 cm³/mol. The van der Waals surface area contributed by atoms with Gasteiger partial charge in [0.15, 0.2) is 0 Å². The van der Waals surface area contributed by atoms with Crippen molar-refractivity contribution in [2.24, 2.45) is 0 Å². The Morgan fingerprint density at radius 1 is 1.56 bits per heavy atom. The monoisotopic (exact) mass is 227 g/mol. The van der Waals surface area contributed by atoms with Crippen LogP contribution in [0.3, 0.4) is 0 Å². The van der Waals surface area contributed by atoms with Crippen molar-refractivity contribution in [1.82, 2.24) is 5.32 Å². The van der Waals surface area contributed by atoms with Crippen LogP contribution >= 0.6 is 0 Å². The van der Waals surface area contributed by atoms with Crippen LogP contribution in [0.25, 0.3) is 0 Å². The molecule has 1 unspecified atom stereocenters. The van der Waals surface area contributed by atoms with Gasteiger partial charge in [-0.15, -0.1) is 0 Å². The molecule has 4 heteroatoms. The van der Waals surface area contributed by atoms with Gasteiger partial charge in [-0.25, -0.2) is 4.79 Å². The number of nitrogens with one attached hydrogen (secondary N) is 1. The fraction of sp³-hybridized carbons (Fsp3) is 0.750. The van der Waals surface area contributed by atoms with Crippen molar-refractivity contribution in [1.29, 1.82) is 0 Å². The van der Waals surface area contributed by atoms with Crippen molar-refractivity contribution >= 4 is 5.97 Å². The summed E-state index contributed by atoms with van der Waals surface area (Å²) in [6.07, 6.45) is 6.11. The third-order valence-electron chi connectivity index (χ3n) is 2.79. The summed E-state index contributed by atoms with van der Waals surface area (Å²) in [5.74, 6) is -0.821. The highest BCUT2D eigenvalue weighted by atomic mass is 16.5. The van der Waals surface area contributed by atoms with E-state index in [9.17, 15) is 4.79 Å². The molecule has 0 radical (unpaired) electrons. The summed E-state index contributed by atoms with van der Waals surface area (Å²) in [6, 6.07) is 0. The fourth-order valence-corrected chi connectivity index (χ4v) is 1.79. The molecule has 0 saturated carbocycles. The normalized spacial score (nSPS) is 22.1. The molecule has 92 valence electrons. The summed E-state index contributed by atoms with van der Waals surface area (Å²) in [4.78, 5) is 10.7. The molecule has 1 aliphatic rings. The minimum atomic E-state index is -0.821. The van der Waals surface area contributed by atoms with Crippen molar-refractivity contribution in [2.75, 3.05) is 19.7 Å². The highest BCUT2D eigenvalue weighted by Crippen LogP contribution is 2.11. The first-order valence-electron chi connectivity index (χ1n) is 5.98. The summed E-state index contributed by atoms with van der Waals surface area (Å²) >= 11 is 0. The second-order valence-corrected chi connectivity index (χ2v) is 4.03. The molecule has 1 fully saturated rings. The van der Waals surface area contributed by atoms with E-state index < -0.39 is 5.97 Å². The molecule has 2 N–H and O–H groups in total. The lowest BCUT2D eigenvalue weighted by molar-refractivity contribution is -0.132. The summed E-state index contributed by atoms with van der Waals surface area (Å²) in [7, 11) is 0. The van der Waals surface area contributed by atoms with E-state index in [2.05, 4.69) is 5.32 Å². The zero-order valence-electron chi connectivity index (χ0n) is 9.87. The predicted octanol–water partition coefficient (Wildman–Crippen LogP) is 1.57. The standard InChI is InChI=1S/C12H21NO3/c1-2-10(12(14)15)6-7-13-9-11-5-3-4-8-16-11/h6,11,13H,2-5,7-9H2,1H3,(H,14,15). The molecular formula is C12H21NO3. The van der Waals surface area contributed by atoms with Crippen LogP contribution in [0.15, 0.2) is 11.6 Å². The Kier molecular flexibility index (Phi) is 6.11. The Labute approximate surface area is 96.7 Å². The quantitative estimate of drug-likeness (QED) is 0.534. The van der Waals surface area contributed by atoms with Crippen molar-refractivity contribution < 1.29 is 14.6 Å². The van der Waals surface area contributed by atoms with Crippen LogP contribution in [-0.2, 0) is 9.53 Å². The molecule has 4 nitrogen and oxygen atoms in total. The zero-order chi connectivity index (χ0) is 11.8. The number of carboxylic acid groups (broad SMARTS) is 1. The molecule has 1 heterocycles. The van der Waals surface area contributed by atoms with Crippen LogP contribution < -0.4 is 5.32 Å². The van der Waals surface area contributed by atoms with Gasteiger partial charge in [0.1, 0.15) is 0 Å². The minimum absolute atomic E-state index is 0.303. The van der Waals surface area contributed by atoms with Crippen LogP contribution in [0.1, 0.15) is 32.6 Å². The maximum atomic E-state index is 10.7. The van der Waals surface area contributed by atoms with Crippen molar-refractivity contribution in [3.05, 3.63) is 11.6 Å². The largest absolute Gasteiger partial charge is 0.478 e. The molecule has 0 aromatic heterocycles. The molecule has 1 saturated heterocycles. The van der Waals surface area contributed by atoms with Crippen molar-refractivity contribution in [3.63, 3.8) is 0 Å². The highest BCUT2D eigenvalue weighted by molar-refractivity contribution is 5.86. The molecule has 0 aromatic rings. The van der Waals surface area contributed by atoms with E-state index in [1.807, 2.05) is 6.92 Å². The van der Waals surface area contributed by atoms with E-state index in [0.717, 1.165) is 26.0 Å². The molecule has 1 rings (SSSR count). The van der Waals surface area contributed by atoms with Gasteiger partial charge in [-0.05, 0) is 25.7 Å². The van der Waals surface area contributed by atoms with Gasteiger partial charge in [0.2, 0.25) is 0 Å². The molecule has 1 aliphatic heterocycles. The Morgan fingerprint density at radius 3 is 2.94 bits per heavy atom.